The molecule has 0 aliphatic heterocycles. The third-order valence-electron chi connectivity index (χ3n) is 2.28. The molecule has 0 saturated heterocycles. The van der Waals surface area contributed by atoms with Crippen molar-refractivity contribution in [3.8, 4) is 17.6 Å². The van der Waals surface area contributed by atoms with Crippen LogP contribution in [0.5, 0.6) is 5.75 Å². The van der Waals surface area contributed by atoms with Gasteiger partial charge in [0.2, 0.25) is 0 Å². The molecule has 0 aliphatic rings. The fourth-order valence-corrected chi connectivity index (χ4v) is 1.43. The zero-order chi connectivity index (χ0) is 13.4. The van der Waals surface area contributed by atoms with Crippen LogP contribution in [0, 0.1) is 17.7 Å². The Kier molecular flexibility index (Phi) is 6.20. The second-order valence-corrected chi connectivity index (χ2v) is 4.15. The molecule has 0 unspecified atom stereocenters. The van der Waals surface area contributed by atoms with E-state index < -0.39 is 0 Å². The monoisotopic (exact) mass is 250 g/mol. The third-order valence-corrected chi connectivity index (χ3v) is 2.28. The Labute approximate surface area is 108 Å². The predicted molar refractivity (Wildman–Crippen MR) is 71.0 cm³/mol. The van der Waals surface area contributed by atoms with Crippen LogP contribution in [0.4, 0.5) is 4.39 Å². The third kappa shape index (κ3) is 5.17. The molecule has 1 aromatic carbocycles. The van der Waals surface area contributed by atoms with Crippen LogP contribution in [0.1, 0.15) is 12.0 Å². The van der Waals surface area contributed by atoms with E-state index in [1.54, 1.807) is 6.07 Å². The maximum Gasteiger partial charge on any atom is 0.137 e. The van der Waals surface area contributed by atoms with E-state index in [9.17, 15) is 4.39 Å². The van der Waals surface area contributed by atoms with Crippen LogP contribution in [-0.4, -0.2) is 38.7 Å². The summed E-state index contributed by atoms with van der Waals surface area (Å²) in [7, 11) is 4.00. The summed E-state index contributed by atoms with van der Waals surface area (Å²) in [6.07, 6.45) is 0.882. The fourth-order valence-electron chi connectivity index (χ4n) is 1.43. The zero-order valence-corrected chi connectivity index (χ0v) is 10.9. The van der Waals surface area contributed by atoms with Crippen molar-refractivity contribution in [1.82, 2.24) is 4.90 Å². The van der Waals surface area contributed by atoms with Crippen molar-refractivity contribution < 1.29 is 9.13 Å². The summed E-state index contributed by atoms with van der Waals surface area (Å²) in [6.45, 7) is 1.75. The molecule has 0 aromatic heterocycles. The van der Waals surface area contributed by atoms with E-state index >= 15 is 0 Å². The van der Waals surface area contributed by atoms with Crippen LogP contribution in [0.15, 0.2) is 18.2 Å². The normalized spacial score (nSPS) is 10.1. The first-order valence-corrected chi connectivity index (χ1v) is 5.89. The average molecular weight is 250 g/mol. The number of ether oxygens (including phenoxy) is 1. The summed E-state index contributed by atoms with van der Waals surface area (Å²) in [4.78, 5) is 2.07. The second-order valence-electron chi connectivity index (χ2n) is 4.15. The maximum absolute atomic E-state index is 13.1. The van der Waals surface area contributed by atoms with Gasteiger partial charge in [0.05, 0.1) is 18.7 Å². The Morgan fingerprint density at radius 3 is 2.83 bits per heavy atom. The minimum absolute atomic E-state index is 0.275. The predicted octanol–water partition coefficient (Wildman–Crippen LogP) is 1.47. The van der Waals surface area contributed by atoms with E-state index in [2.05, 4.69) is 16.7 Å². The molecule has 0 radical (unpaired) electrons. The van der Waals surface area contributed by atoms with Gasteiger partial charge in [-0.25, -0.2) is 4.39 Å². The Balaban J connectivity index is 2.64. The molecule has 1 rings (SSSR count). The van der Waals surface area contributed by atoms with Gasteiger partial charge in [-0.1, -0.05) is 11.8 Å². The highest BCUT2D eigenvalue weighted by atomic mass is 19.1. The topological polar surface area (TPSA) is 38.5 Å². The molecule has 18 heavy (non-hydrogen) atoms. The molecule has 0 amide bonds. The van der Waals surface area contributed by atoms with E-state index in [0.717, 1.165) is 13.0 Å². The molecule has 0 saturated carbocycles. The zero-order valence-electron chi connectivity index (χ0n) is 10.9. The van der Waals surface area contributed by atoms with Crippen LogP contribution in [0.2, 0.25) is 0 Å². The van der Waals surface area contributed by atoms with Crippen molar-refractivity contribution in [1.29, 1.82) is 0 Å². The SMILES string of the molecule is CN(C)CCCOc1cc(F)ccc1C#CCN. The number of nitrogens with zero attached hydrogens (tertiary/aromatic N) is 1. The number of nitrogens with two attached hydrogens (primary N) is 1. The van der Waals surface area contributed by atoms with Crippen molar-refractivity contribution in [3.05, 3.63) is 29.6 Å². The number of hydrogen-bond donors (Lipinski definition) is 1. The lowest BCUT2D eigenvalue weighted by molar-refractivity contribution is 0.280. The van der Waals surface area contributed by atoms with Crippen LogP contribution in [0.25, 0.3) is 0 Å². The molecule has 0 atom stereocenters. The first kappa shape index (κ1) is 14.5. The number of hydrogen-bond acceptors (Lipinski definition) is 3. The smallest absolute Gasteiger partial charge is 0.137 e. The first-order valence-electron chi connectivity index (χ1n) is 5.89. The lowest BCUT2D eigenvalue weighted by Crippen LogP contribution is -2.15. The summed E-state index contributed by atoms with van der Waals surface area (Å²) in [6, 6.07) is 4.34. The highest BCUT2D eigenvalue weighted by Crippen LogP contribution is 2.19. The van der Waals surface area contributed by atoms with Gasteiger partial charge in [-0.05, 0) is 32.6 Å². The molecule has 4 heteroatoms. The van der Waals surface area contributed by atoms with Crippen LogP contribution in [-0.2, 0) is 0 Å². The second kappa shape index (κ2) is 7.70. The van der Waals surface area contributed by atoms with E-state index in [-0.39, 0.29) is 12.4 Å². The van der Waals surface area contributed by atoms with Gasteiger partial charge in [-0.15, -0.1) is 0 Å². The molecule has 0 fully saturated rings. The number of halogens is 1. The van der Waals surface area contributed by atoms with Gasteiger partial charge in [0, 0.05) is 12.6 Å². The lowest BCUT2D eigenvalue weighted by Gasteiger charge is -2.11. The van der Waals surface area contributed by atoms with Gasteiger partial charge < -0.3 is 15.4 Å². The van der Waals surface area contributed by atoms with Crippen molar-refractivity contribution in [3.63, 3.8) is 0 Å². The molecule has 0 spiro atoms. The van der Waals surface area contributed by atoms with Crippen molar-refractivity contribution >= 4 is 0 Å². The van der Waals surface area contributed by atoms with E-state index in [1.165, 1.54) is 12.1 Å². The molecule has 3 nitrogen and oxygen atoms in total. The van der Waals surface area contributed by atoms with E-state index in [0.29, 0.717) is 17.9 Å². The summed E-state index contributed by atoms with van der Waals surface area (Å²) >= 11 is 0. The van der Waals surface area contributed by atoms with Gasteiger partial charge in [0.15, 0.2) is 0 Å². The Morgan fingerprint density at radius 2 is 2.17 bits per heavy atom. The van der Waals surface area contributed by atoms with Gasteiger partial charge >= 0.3 is 0 Å². The fraction of sp³-hybridized carbons (Fsp3) is 0.429. The molecule has 2 N–H and O–H groups in total. The maximum atomic E-state index is 13.1. The van der Waals surface area contributed by atoms with Gasteiger partial charge in [-0.3, -0.25) is 0 Å². The molecule has 98 valence electrons. The molecular weight excluding hydrogens is 231 g/mol. The summed E-state index contributed by atoms with van der Waals surface area (Å²) in [5, 5.41) is 0. The molecule has 1 aromatic rings. The van der Waals surface area contributed by atoms with Crippen LogP contribution in [0.3, 0.4) is 0 Å². The number of benzene rings is 1. The standard InChI is InChI=1S/C14H19FN2O/c1-17(2)9-4-10-18-14-11-13(15)7-6-12(14)5-3-8-16/h6-7,11H,4,8-10,16H2,1-2H3. The number of rotatable bonds is 5. The average Bonchev–Trinajstić information content (AvgIpc) is 2.33. The Morgan fingerprint density at radius 1 is 1.39 bits per heavy atom. The van der Waals surface area contributed by atoms with Crippen molar-refractivity contribution in [2.45, 2.75) is 6.42 Å². The lowest BCUT2D eigenvalue weighted by atomic mass is 10.2. The van der Waals surface area contributed by atoms with E-state index in [4.69, 9.17) is 10.5 Å². The molecule has 0 aliphatic carbocycles. The van der Waals surface area contributed by atoms with Crippen molar-refractivity contribution in [2.24, 2.45) is 5.73 Å². The van der Waals surface area contributed by atoms with E-state index in [1.807, 2.05) is 14.1 Å². The Hall–Kier alpha value is -1.57. The quantitative estimate of drug-likeness (QED) is 0.635. The molecule has 0 bridgehead atoms. The first-order chi connectivity index (χ1) is 8.63. The highest BCUT2D eigenvalue weighted by molar-refractivity contribution is 5.46. The Bertz CT molecular complexity index is 435. The van der Waals surface area contributed by atoms with Gasteiger partial charge in [-0.2, -0.15) is 0 Å². The van der Waals surface area contributed by atoms with Crippen LogP contribution >= 0.6 is 0 Å². The largest absolute Gasteiger partial charge is 0.492 e. The summed E-state index contributed by atoms with van der Waals surface area (Å²) < 4.78 is 18.7. The van der Waals surface area contributed by atoms with Gasteiger partial charge in [0.1, 0.15) is 11.6 Å². The molecular formula is C14H19FN2O. The van der Waals surface area contributed by atoms with Crippen LogP contribution < -0.4 is 10.5 Å². The van der Waals surface area contributed by atoms with Gasteiger partial charge in [0.25, 0.3) is 0 Å². The summed E-state index contributed by atoms with van der Waals surface area (Å²) in [5.41, 5.74) is 5.99. The van der Waals surface area contributed by atoms with Crippen molar-refractivity contribution in [2.75, 3.05) is 33.8 Å². The highest BCUT2D eigenvalue weighted by Gasteiger charge is 2.03. The molecule has 0 heterocycles. The minimum Gasteiger partial charge on any atom is -0.492 e. The minimum atomic E-state index is -0.323. The summed E-state index contributed by atoms with van der Waals surface area (Å²) in [5.74, 6) is 5.77.